The summed E-state index contributed by atoms with van der Waals surface area (Å²) >= 11 is 0. The van der Waals surface area contributed by atoms with Gasteiger partial charge in [0.25, 0.3) is 0 Å². The van der Waals surface area contributed by atoms with Crippen LogP contribution in [0.4, 0.5) is 0 Å². The zero-order valence-corrected chi connectivity index (χ0v) is 11.7. The summed E-state index contributed by atoms with van der Waals surface area (Å²) < 4.78 is 0. The van der Waals surface area contributed by atoms with Crippen molar-refractivity contribution in [2.45, 2.75) is 19.2 Å². The van der Waals surface area contributed by atoms with Gasteiger partial charge in [-0.1, -0.05) is 66.1 Å². The molecule has 3 rings (SSSR count). The third-order valence-corrected chi connectivity index (χ3v) is 3.48. The fourth-order valence-corrected chi connectivity index (χ4v) is 2.28. The minimum atomic E-state index is -0.350. The summed E-state index contributed by atoms with van der Waals surface area (Å²) in [6.45, 7) is 1.68. The number of hydrogen-bond donors (Lipinski definition) is 0. The molecule has 0 bridgehead atoms. The topological polar surface area (TPSA) is 43.6 Å². The Morgan fingerprint density at radius 1 is 1.00 bits per heavy atom. The van der Waals surface area contributed by atoms with Gasteiger partial charge in [-0.15, -0.1) is 0 Å². The molecule has 1 radical (unpaired) electrons. The number of amides is 1. The summed E-state index contributed by atoms with van der Waals surface area (Å²) in [4.78, 5) is 19.0. The van der Waals surface area contributed by atoms with E-state index in [0.29, 0.717) is 19.7 Å². The highest BCUT2D eigenvalue weighted by molar-refractivity contribution is 5.87. The molecule has 0 N–H and O–H groups in total. The first-order valence-corrected chi connectivity index (χ1v) is 7.02. The Morgan fingerprint density at radius 3 is 2.24 bits per heavy atom. The maximum Gasteiger partial charge on any atom is 0.246 e. The number of β-lactam (4-membered cyclic amide) rings is 1. The van der Waals surface area contributed by atoms with Crippen LogP contribution in [0.1, 0.15) is 11.1 Å². The Bertz CT molecular complexity index is 584. The van der Waals surface area contributed by atoms with E-state index in [1.165, 1.54) is 0 Å². The van der Waals surface area contributed by atoms with Gasteiger partial charge in [0.15, 0.2) is 0 Å². The summed E-state index contributed by atoms with van der Waals surface area (Å²) in [6.07, 6.45) is 0. The number of rotatable bonds is 6. The Hall–Kier alpha value is -2.17. The summed E-state index contributed by atoms with van der Waals surface area (Å²) in [5, 5.41) is 0. The molecule has 21 heavy (non-hydrogen) atoms. The van der Waals surface area contributed by atoms with Crippen molar-refractivity contribution >= 4 is 5.91 Å². The second kappa shape index (κ2) is 6.52. The van der Waals surface area contributed by atoms with Gasteiger partial charge in [0.1, 0.15) is 6.04 Å². The van der Waals surface area contributed by atoms with Crippen molar-refractivity contribution in [3.8, 4) is 0 Å². The number of hydrogen-bond acceptors (Lipinski definition) is 2. The SMILES string of the molecule is O=C1C([N]OCc2ccccc2)CN1Cc1ccccc1. The van der Waals surface area contributed by atoms with Crippen LogP contribution in [-0.4, -0.2) is 23.4 Å². The molecule has 1 heterocycles. The third kappa shape index (κ3) is 3.48. The van der Waals surface area contributed by atoms with Crippen LogP contribution in [0.3, 0.4) is 0 Å². The van der Waals surface area contributed by atoms with E-state index >= 15 is 0 Å². The number of hydroxylamine groups is 1. The lowest BCUT2D eigenvalue weighted by Gasteiger charge is -2.37. The van der Waals surface area contributed by atoms with Crippen molar-refractivity contribution in [1.29, 1.82) is 0 Å². The number of carbonyl (C=O) groups is 1. The molecule has 0 aromatic heterocycles. The molecular weight excluding hydrogens is 264 g/mol. The van der Waals surface area contributed by atoms with Crippen LogP contribution in [0.5, 0.6) is 0 Å². The van der Waals surface area contributed by atoms with Gasteiger partial charge in [-0.25, -0.2) is 0 Å². The largest absolute Gasteiger partial charge is 0.335 e. The second-order valence-corrected chi connectivity index (χ2v) is 5.08. The molecule has 0 saturated carbocycles. The number of benzene rings is 2. The van der Waals surface area contributed by atoms with Crippen molar-refractivity contribution in [2.24, 2.45) is 0 Å². The van der Waals surface area contributed by atoms with E-state index in [1.54, 1.807) is 4.90 Å². The monoisotopic (exact) mass is 281 g/mol. The van der Waals surface area contributed by atoms with Gasteiger partial charge >= 0.3 is 0 Å². The van der Waals surface area contributed by atoms with Crippen LogP contribution < -0.4 is 5.48 Å². The van der Waals surface area contributed by atoms with E-state index in [2.05, 4.69) is 5.48 Å². The van der Waals surface area contributed by atoms with E-state index in [-0.39, 0.29) is 11.9 Å². The van der Waals surface area contributed by atoms with Crippen molar-refractivity contribution < 1.29 is 9.63 Å². The molecule has 2 aromatic carbocycles. The van der Waals surface area contributed by atoms with Crippen molar-refractivity contribution in [3.05, 3.63) is 71.8 Å². The molecule has 1 aliphatic rings. The Morgan fingerprint density at radius 2 is 1.62 bits per heavy atom. The molecule has 4 heteroatoms. The Balaban J connectivity index is 1.41. The lowest BCUT2D eigenvalue weighted by Crippen LogP contribution is -2.59. The zero-order chi connectivity index (χ0) is 14.5. The van der Waals surface area contributed by atoms with Crippen molar-refractivity contribution in [3.63, 3.8) is 0 Å². The van der Waals surface area contributed by atoms with Gasteiger partial charge in [-0.05, 0) is 11.1 Å². The standard InChI is InChI=1S/C17H17N2O2/c20-17-16(18-21-13-15-9-5-2-6-10-15)12-19(17)11-14-7-3-1-4-8-14/h1-10,16H,11-13H2. The van der Waals surface area contributed by atoms with E-state index in [0.717, 1.165) is 11.1 Å². The predicted molar refractivity (Wildman–Crippen MR) is 79.0 cm³/mol. The fraction of sp³-hybridized carbons (Fsp3) is 0.235. The van der Waals surface area contributed by atoms with Crippen LogP contribution in [0.15, 0.2) is 60.7 Å². The molecule has 107 valence electrons. The second-order valence-electron chi connectivity index (χ2n) is 5.08. The lowest BCUT2D eigenvalue weighted by molar-refractivity contribution is -0.154. The first-order chi connectivity index (χ1) is 10.3. The molecule has 2 aromatic rings. The smallest absolute Gasteiger partial charge is 0.246 e. The van der Waals surface area contributed by atoms with Gasteiger partial charge in [-0.2, -0.15) is 0 Å². The maximum atomic E-state index is 12.0. The Kier molecular flexibility index (Phi) is 4.28. The summed E-state index contributed by atoms with van der Waals surface area (Å²) in [5.41, 5.74) is 6.19. The molecule has 1 unspecified atom stereocenters. The fourth-order valence-electron chi connectivity index (χ4n) is 2.28. The van der Waals surface area contributed by atoms with Crippen molar-refractivity contribution in [2.75, 3.05) is 6.54 Å². The molecular formula is C17H17N2O2. The lowest BCUT2D eigenvalue weighted by atomic mass is 10.1. The Labute approximate surface area is 124 Å². The average Bonchev–Trinajstić information content (AvgIpc) is 2.55. The zero-order valence-electron chi connectivity index (χ0n) is 11.7. The van der Waals surface area contributed by atoms with Crippen LogP contribution in [0.25, 0.3) is 0 Å². The normalized spacial score (nSPS) is 17.6. The van der Waals surface area contributed by atoms with Gasteiger partial charge in [0.05, 0.1) is 6.61 Å². The molecule has 4 nitrogen and oxygen atoms in total. The molecule has 1 amide bonds. The number of likely N-dealkylation sites (tertiary alicyclic amines) is 1. The molecule has 1 fully saturated rings. The first-order valence-electron chi connectivity index (χ1n) is 7.02. The van der Waals surface area contributed by atoms with Crippen LogP contribution in [-0.2, 0) is 22.8 Å². The minimum absolute atomic E-state index is 0.0342. The predicted octanol–water partition coefficient (Wildman–Crippen LogP) is 2.13. The highest BCUT2D eigenvalue weighted by Crippen LogP contribution is 2.16. The van der Waals surface area contributed by atoms with Crippen LogP contribution in [0.2, 0.25) is 0 Å². The third-order valence-electron chi connectivity index (χ3n) is 3.48. The van der Waals surface area contributed by atoms with Crippen molar-refractivity contribution in [1.82, 2.24) is 10.4 Å². The quantitative estimate of drug-likeness (QED) is 0.601. The van der Waals surface area contributed by atoms with Crippen LogP contribution in [0, 0.1) is 0 Å². The van der Waals surface area contributed by atoms with E-state index in [9.17, 15) is 4.79 Å². The highest BCUT2D eigenvalue weighted by atomic mass is 16.6. The first kappa shape index (κ1) is 13.8. The number of nitrogens with zero attached hydrogens (tertiary/aromatic N) is 2. The maximum absolute atomic E-state index is 12.0. The van der Waals surface area contributed by atoms with Gasteiger partial charge in [-0.3, -0.25) is 9.63 Å². The van der Waals surface area contributed by atoms with E-state index < -0.39 is 0 Å². The van der Waals surface area contributed by atoms with Crippen LogP contribution >= 0.6 is 0 Å². The molecule has 1 saturated heterocycles. The van der Waals surface area contributed by atoms with E-state index in [4.69, 9.17) is 4.84 Å². The highest BCUT2D eigenvalue weighted by Gasteiger charge is 2.37. The molecule has 1 aliphatic heterocycles. The van der Waals surface area contributed by atoms with Gasteiger partial charge in [0, 0.05) is 13.1 Å². The number of carbonyl (C=O) groups excluding carboxylic acids is 1. The summed E-state index contributed by atoms with van der Waals surface area (Å²) in [7, 11) is 0. The van der Waals surface area contributed by atoms with Gasteiger partial charge < -0.3 is 4.90 Å². The minimum Gasteiger partial charge on any atom is -0.335 e. The summed E-state index contributed by atoms with van der Waals surface area (Å²) in [5.74, 6) is 0.0342. The van der Waals surface area contributed by atoms with Gasteiger partial charge in [0.2, 0.25) is 5.91 Å². The molecule has 0 spiro atoms. The molecule has 1 atom stereocenters. The molecule has 0 aliphatic carbocycles. The average molecular weight is 281 g/mol. The van der Waals surface area contributed by atoms with E-state index in [1.807, 2.05) is 60.7 Å². The summed E-state index contributed by atoms with van der Waals surface area (Å²) in [6, 6.07) is 19.4.